The van der Waals surface area contributed by atoms with Gasteiger partial charge in [-0.25, -0.2) is 14.0 Å². The molecule has 5 aliphatic carbocycles. The van der Waals surface area contributed by atoms with Crippen LogP contribution in [0.5, 0.6) is 5.75 Å². The molecule has 1 aromatic carbocycles. The zero-order valence-corrected chi connectivity index (χ0v) is 35.0. The van der Waals surface area contributed by atoms with Crippen molar-refractivity contribution in [2.75, 3.05) is 38.3 Å². The summed E-state index contributed by atoms with van der Waals surface area (Å²) in [6, 6.07) is 0.677. The third-order valence-corrected chi connectivity index (χ3v) is 14.6. The Balaban J connectivity index is 1.03. The molecule has 13 nitrogen and oxygen atoms in total. The van der Waals surface area contributed by atoms with E-state index in [1.54, 1.807) is 47.3 Å². The van der Waals surface area contributed by atoms with Crippen LogP contribution in [0.2, 0.25) is 0 Å². The second-order valence-corrected chi connectivity index (χ2v) is 19.2. The van der Waals surface area contributed by atoms with Crippen LogP contribution in [0.4, 0.5) is 14.9 Å². The zero-order valence-electron chi connectivity index (χ0n) is 35.0. The van der Waals surface area contributed by atoms with Gasteiger partial charge in [-0.15, -0.1) is 0 Å². The number of aromatic nitrogens is 1. The molecule has 8 atom stereocenters. The lowest BCUT2D eigenvalue weighted by atomic mass is 9.46. The van der Waals surface area contributed by atoms with Crippen molar-refractivity contribution in [3.05, 3.63) is 57.7 Å². The van der Waals surface area contributed by atoms with E-state index in [2.05, 4.69) is 6.92 Å². The summed E-state index contributed by atoms with van der Waals surface area (Å²) in [5.74, 6) is -2.71. The minimum absolute atomic E-state index is 0.00485. The molecule has 2 heterocycles. The highest BCUT2D eigenvalue weighted by Crippen LogP contribution is 2.67. The summed E-state index contributed by atoms with van der Waals surface area (Å²) < 4.78 is 35.0. The van der Waals surface area contributed by atoms with E-state index in [-0.39, 0.29) is 90.5 Å². The number of piperazine rings is 1. The number of hydrogen-bond donors (Lipinski definition) is 2. The SMILES string of the molecule is COc1c(N2CCN(C(=O)OC(C)(C)C)C(C)C2)c(F)cc2c(=O)c(C(=O)OCC(=O)[C@@]3(O)CCC4C5CCC6=CC(=O)C=C[C@]6(C)C5C(O)C[C@@]43C)cn(C3CC3)c12. The lowest BCUT2D eigenvalue weighted by molar-refractivity contribution is -0.178. The van der Waals surface area contributed by atoms with Gasteiger partial charge in [0.25, 0.3) is 0 Å². The van der Waals surface area contributed by atoms with Crippen LogP contribution in [0.3, 0.4) is 0 Å². The number of ketones is 2. The van der Waals surface area contributed by atoms with Crippen molar-refractivity contribution in [3.63, 3.8) is 0 Å². The Morgan fingerprint density at radius 2 is 1.80 bits per heavy atom. The van der Waals surface area contributed by atoms with Gasteiger partial charge in [0, 0.05) is 54.7 Å². The number of Topliss-reactive ketones (excluding diaryl/α,β-unsaturated/α-hetero) is 1. The highest BCUT2D eigenvalue weighted by molar-refractivity contribution is 6.01. The van der Waals surface area contributed by atoms with Crippen LogP contribution >= 0.6 is 0 Å². The van der Waals surface area contributed by atoms with Crippen LogP contribution in [0.15, 0.2) is 40.9 Å². The first-order valence-electron chi connectivity index (χ1n) is 21.0. The van der Waals surface area contributed by atoms with Crippen molar-refractivity contribution in [1.82, 2.24) is 9.47 Å². The first kappa shape index (κ1) is 41.2. The standard InChI is InChI=1S/C45H56FN3O10/c1-24-21-47(16-17-48(24)41(55)59-42(2,3)4)37-32(46)19-29-36(39(37)57-7)49(26-9-10-26)22-30(38(29)53)40(54)58-23-34(52)45(56)15-13-31-28-11-8-25-18-27(50)12-14-43(25,5)35(28)33(51)20-44(31,45)6/h12,14,18-19,22,24,26,28,31,33,35,51,56H,8-11,13,15-17,20-21,23H2,1-7H3/t24?,28?,31?,33?,35?,43-,44-,45-/m0/s1. The molecule has 5 unspecified atom stereocenters. The molecule has 1 aliphatic heterocycles. The van der Waals surface area contributed by atoms with Crippen LogP contribution in [-0.4, -0.2) is 100 Å². The largest absolute Gasteiger partial charge is 0.492 e. The van der Waals surface area contributed by atoms with E-state index in [0.29, 0.717) is 18.4 Å². The van der Waals surface area contributed by atoms with Gasteiger partial charge in [0.1, 0.15) is 22.5 Å². The highest BCUT2D eigenvalue weighted by atomic mass is 19.1. The second kappa shape index (κ2) is 14.3. The van der Waals surface area contributed by atoms with Crippen molar-refractivity contribution < 1.29 is 48.0 Å². The number of esters is 1. The summed E-state index contributed by atoms with van der Waals surface area (Å²) >= 11 is 0. The number of rotatable bonds is 7. The number of nitrogens with zero attached hydrogens (tertiary/aromatic N) is 3. The van der Waals surface area contributed by atoms with Gasteiger partial charge in [0.15, 0.2) is 24.0 Å². The van der Waals surface area contributed by atoms with Crippen molar-refractivity contribution in [2.24, 2.45) is 28.6 Å². The van der Waals surface area contributed by atoms with E-state index in [1.165, 1.54) is 13.3 Å². The Labute approximate surface area is 343 Å². The number of ether oxygens (including phenoxy) is 3. The summed E-state index contributed by atoms with van der Waals surface area (Å²) in [4.78, 5) is 70.4. The summed E-state index contributed by atoms with van der Waals surface area (Å²) in [5.41, 5.74) is -3.75. The van der Waals surface area contributed by atoms with Gasteiger partial charge in [-0.2, -0.15) is 0 Å². The monoisotopic (exact) mass is 817 g/mol. The number of allylic oxidation sites excluding steroid dienone is 4. The molecule has 318 valence electrons. The summed E-state index contributed by atoms with van der Waals surface area (Å²) in [6.07, 6.45) is 8.97. The van der Waals surface area contributed by atoms with Crippen molar-refractivity contribution in [2.45, 2.75) is 116 Å². The maximum Gasteiger partial charge on any atom is 0.410 e. The number of methoxy groups -OCH3 is 1. The predicted molar refractivity (Wildman–Crippen MR) is 216 cm³/mol. The number of aliphatic hydroxyl groups is 2. The first-order chi connectivity index (χ1) is 27.7. The number of aliphatic hydroxyl groups excluding tert-OH is 1. The summed E-state index contributed by atoms with van der Waals surface area (Å²) in [7, 11) is 1.40. The summed E-state index contributed by atoms with van der Waals surface area (Å²) in [5, 5.41) is 23.9. The first-order valence-corrected chi connectivity index (χ1v) is 21.0. The molecule has 5 fully saturated rings. The Hall–Kier alpha value is -4.56. The van der Waals surface area contributed by atoms with Gasteiger partial charge < -0.3 is 38.8 Å². The molecule has 2 aromatic rings. The maximum absolute atomic E-state index is 16.3. The van der Waals surface area contributed by atoms with Gasteiger partial charge in [0.05, 0.1) is 24.1 Å². The Kier molecular flexibility index (Phi) is 9.97. The third-order valence-electron chi connectivity index (χ3n) is 14.6. The Morgan fingerprint density at radius 1 is 1.07 bits per heavy atom. The average molecular weight is 818 g/mol. The van der Waals surface area contributed by atoms with Crippen LogP contribution < -0.4 is 15.1 Å². The fraction of sp³-hybridized carbons (Fsp3) is 0.622. The normalized spacial score (nSPS) is 32.9. The molecule has 1 amide bonds. The molecule has 1 aromatic heterocycles. The zero-order chi connectivity index (χ0) is 42.6. The second-order valence-electron chi connectivity index (χ2n) is 19.2. The highest BCUT2D eigenvalue weighted by Gasteiger charge is 2.68. The minimum Gasteiger partial charge on any atom is -0.492 e. The molecule has 0 bridgehead atoms. The molecular weight excluding hydrogens is 762 g/mol. The van der Waals surface area contributed by atoms with Crippen molar-refractivity contribution in [3.8, 4) is 5.75 Å². The maximum atomic E-state index is 16.3. The van der Waals surface area contributed by atoms with Crippen molar-refractivity contribution >= 4 is 40.2 Å². The quantitative estimate of drug-likeness (QED) is 0.331. The number of carbonyl (C=O) groups excluding carboxylic acids is 4. The number of amides is 1. The van der Waals surface area contributed by atoms with E-state index in [0.717, 1.165) is 30.9 Å². The van der Waals surface area contributed by atoms with Crippen molar-refractivity contribution in [1.29, 1.82) is 0 Å². The van der Waals surface area contributed by atoms with Crippen LogP contribution in [0, 0.1) is 34.4 Å². The molecule has 6 aliphatic rings. The smallest absolute Gasteiger partial charge is 0.410 e. The van der Waals surface area contributed by atoms with Gasteiger partial charge in [-0.05, 0) is 103 Å². The minimum atomic E-state index is -1.89. The van der Waals surface area contributed by atoms with Crippen LogP contribution in [0.25, 0.3) is 10.9 Å². The number of benzene rings is 1. The molecule has 59 heavy (non-hydrogen) atoms. The molecule has 0 spiro atoms. The number of fused-ring (bicyclic) bond motifs is 6. The van der Waals surface area contributed by atoms with E-state index in [9.17, 15) is 34.2 Å². The van der Waals surface area contributed by atoms with Crippen LogP contribution in [0.1, 0.15) is 103 Å². The van der Waals surface area contributed by atoms with E-state index in [1.807, 2.05) is 19.9 Å². The Bertz CT molecular complexity index is 2260. The number of anilines is 1. The number of pyridine rings is 1. The summed E-state index contributed by atoms with van der Waals surface area (Å²) in [6.45, 7) is 11.2. The predicted octanol–water partition coefficient (Wildman–Crippen LogP) is 5.67. The number of hydrogen-bond acceptors (Lipinski definition) is 11. The molecular formula is C45H56FN3O10. The Morgan fingerprint density at radius 3 is 2.46 bits per heavy atom. The van der Waals surface area contributed by atoms with Gasteiger partial charge >= 0.3 is 12.1 Å². The average Bonchev–Trinajstić information content (AvgIpc) is 3.97. The number of carbonyl (C=O) groups is 4. The lowest BCUT2D eigenvalue weighted by Gasteiger charge is -2.59. The van der Waals surface area contributed by atoms with E-state index >= 15 is 4.39 Å². The molecule has 1 saturated heterocycles. The molecule has 2 N–H and O–H groups in total. The molecule has 8 rings (SSSR count). The van der Waals surface area contributed by atoms with Gasteiger partial charge in [-0.3, -0.25) is 14.4 Å². The lowest BCUT2D eigenvalue weighted by Crippen LogP contribution is -2.61. The number of halogens is 1. The molecule has 0 radical (unpaired) electrons. The van der Waals surface area contributed by atoms with Gasteiger partial charge in [0.2, 0.25) is 11.2 Å². The van der Waals surface area contributed by atoms with Gasteiger partial charge in [-0.1, -0.05) is 25.5 Å². The topological polar surface area (TPSA) is 165 Å². The molecule has 4 saturated carbocycles. The fourth-order valence-electron chi connectivity index (χ4n) is 11.6. The van der Waals surface area contributed by atoms with Crippen LogP contribution in [-0.2, 0) is 19.1 Å². The van der Waals surface area contributed by atoms with E-state index in [4.69, 9.17) is 14.2 Å². The molecule has 14 heteroatoms. The fourth-order valence-corrected chi connectivity index (χ4v) is 11.6. The third kappa shape index (κ3) is 6.59. The van der Waals surface area contributed by atoms with E-state index < -0.39 is 63.8 Å².